The lowest BCUT2D eigenvalue weighted by molar-refractivity contribution is -0.123. The van der Waals surface area contributed by atoms with E-state index in [4.69, 9.17) is 0 Å². The van der Waals surface area contributed by atoms with E-state index in [2.05, 4.69) is 5.32 Å². The summed E-state index contributed by atoms with van der Waals surface area (Å²) >= 11 is 0. The van der Waals surface area contributed by atoms with Crippen LogP contribution in [0.4, 0.5) is 14.5 Å². The first-order chi connectivity index (χ1) is 12.0. The van der Waals surface area contributed by atoms with Gasteiger partial charge in [-0.1, -0.05) is 30.3 Å². The van der Waals surface area contributed by atoms with Gasteiger partial charge in [-0.25, -0.2) is 8.78 Å². The molecule has 0 aliphatic carbocycles. The minimum Gasteiger partial charge on any atom is -0.388 e. The highest BCUT2D eigenvalue weighted by Crippen LogP contribution is 2.24. The van der Waals surface area contributed by atoms with Crippen LogP contribution in [-0.4, -0.2) is 30.1 Å². The van der Waals surface area contributed by atoms with E-state index in [0.717, 1.165) is 6.07 Å². The van der Waals surface area contributed by atoms with Crippen LogP contribution in [0.3, 0.4) is 0 Å². The molecular weight excluding hydrogens is 326 g/mol. The van der Waals surface area contributed by atoms with Crippen LogP contribution in [0.15, 0.2) is 48.5 Å². The average molecular weight is 346 g/mol. The van der Waals surface area contributed by atoms with Crippen LogP contribution in [0.2, 0.25) is 0 Å². The van der Waals surface area contributed by atoms with Crippen molar-refractivity contribution < 1.29 is 18.7 Å². The van der Waals surface area contributed by atoms with Gasteiger partial charge in [-0.15, -0.1) is 0 Å². The second-order valence-corrected chi connectivity index (χ2v) is 6.23. The smallest absolute Gasteiger partial charge is 0.223 e. The first-order valence-electron chi connectivity index (χ1n) is 8.25. The molecular formula is C19H20F2N2O2. The van der Waals surface area contributed by atoms with Crippen molar-refractivity contribution in [2.24, 2.45) is 0 Å². The Labute approximate surface area is 145 Å². The number of nitrogens with zero attached hydrogens (tertiary/aromatic N) is 1. The maximum atomic E-state index is 13.8. The summed E-state index contributed by atoms with van der Waals surface area (Å²) in [7, 11) is 0. The van der Waals surface area contributed by atoms with Crippen molar-refractivity contribution in [3.8, 4) is 0 Å². The van der Waals surface area contributed by atoms with Gasteiger partial charge in [0.05, 0.1) is 18.2 Å². The third-order valence-electron chi connectivity index (χ3n) is 4.37. The molecule has 2 aromatic carbocycles. The van der Waals surface area contributed by atoms with Gasteiger partial charge in [0.2, 0.25) is 5.91 Å². The first kappa shape index (κ1) is 17.4. The monoisotopic (exact) mass is 346 g/mol. The van der Waals surface area contributed by atoms with Crippen molar-refractivity contribution in [2.45, 2.75) is 25.0 Å². The molecule has 1 saturated heterocycles. The Kier molecular flexibility index (Phi) is 5.28. The number of anilines is 1. The van der Waals surface area contributed by atoms with Gasteiger partial charge in [0.15, 0.2) is 0 Å². The average Bonchev–Trinajstić information content (AvgIpc) is 3.03. The SMILES string of the molecule is O=C(C[C@H](O)c1ccccc1)N[C@@H]1CCN(c2ccc(F)cc2F)C1. The van der Waals surface area contributed by atoms with E-state index < -0.39 is 17.7 Å². The van der Waals surface area contributed by atoms with Crippen molar-refractivity contribution in [2.75, 3.05) is 18.0 Å². The summed E-state index contributed by atoms with van der Waals surface area (Å²) in [5, 5.41) is 13.0. The molecule has 2 N–H and O–H groups in total. The van der Waals surface area contributed by atoms with E-state index in [1.54, 1.807) is 17.0 Å². The highest BCUT2D eigenvalue weighted by molar-refractivity contribution is 5.77. The summed E-state index contributed by atoms with van der Waals surface area (Å²) < 4.78 is 26.9. The van der Waals surface area contributed by atoms with Crippen LogP contribution in [-0.2, 0) is 4.79 Å². The summed E-state index contributed by atoms with van der Waals surface area (Å²) in [6.07, 6.45) is -0.205. The van der Waals surface area contributed by atoms with Crippen LogP contribution in [0.5, 0.6) is 0 Å². The molecule has 1 amide bonds. The number of aliphatic hydroxyl groups is 1. The largest absolute Gasteiger partial charge is 0.388 e. The lowest BCUT2D eigenvalue weighted by Gasteiger charge is -2.20. The lowest BCUT2D eigenvalue weighted by Crippen LogP contribution is -2.37. The topological polar surface area (TPSA) is 52.6 Å². The Morgan fingerprint density at radius 2 is 2.00 bits per heavy atom. The molecule has 1 heterocycles. The van der Waals surface area contributed by atoms with Crippen molar-refractivity contribution in [1.82, 2.24) is 5.32 Å². The van der Waals surface area contributed by atoms with Crippen molar-refractivity contribution in [3.05, 3.63) is 65.7 Å². The number of halogens is 2. The van der Waals surface area contributed by atoms with E-state index in [1.807, 2.05) is 18.2 Å². The molecule has 0 bridgehead atoms. The Balaban J connectivity index is 1.53. The number of nitrogens with one attached hydrogen (secondary N) is 1. The molecule has 0 spiro atoms. The van der Waals surface area contributed by atoms with Crippen molar-refractivity contribution in [1.29, 1.82) is 0 Å². The fraction of sp³-hybridized carbons (Fsp3) is 0.316. The van der Waals surface area contributed by atoms with E-state index >= 15 is 0 Å². The number of amides is 1. The van der Waals surface area contributed by atoms with E-state index in [1.165, 1.54) is 12.1 Å². The second-order valence-electron chi connectivity index (χ2n) is 6.23. The molecule has 0 radical (unpaired) electrons. The first-order valence-corrected chi connectivity index (χ1v) is 8.25. The van der Waals surface area contributed by atoms with Crippen molar-refractivity contribution >= 4 is 11.6 Å². The summed E-state index contributed by atoms with van der Waals surface area (Å²) in [5.41, 5.74) is 1.03. The Morgan fingerprint density at radius 1 is 1.24 bits per heavy atom. The Bertz CT molecular complexity index is 739. The van der Waals surface area contributed by atoms with Gasteiger partial charge >= 0.3 is 0 Å². The Morgan fingerprint density at radius 3 is 2.72 bits per heavy atom. The fourth-order valence-electron chi connectivity index (χ4n) is 3.09. The highest BCUT2D eigenvalue weighted by Gasteiger charge is 2.26. The summed E-state index contributed by atoms with van der Waals surface area (Å²) in [4.78, 5) is 13.9. The molecule has 1 aliphatic rings. The molecule has 0 unspecified atom stereocenters. The summed E-state index contributed by atoms with van der Waals surface area (Å²) in [5.74, 6) is -1.46. The number of hydrogen-bond acceptors (Lipinski definition) is 3. The normalized spacial score (nSPS) is 18.2. The second kappa shape index (κ2) is 7.61. The zero-order valence-electron chi connectivity index (χ0n) is 13.7. The maximum Gasteiger partial charge on any atom is 0.223 e. The quantitative estimate of drug-likeness (QED) is 0.875. The van der Waals surface area contributed by atoms with Crippen LogP contribution in [0, 0.1) is 11.6 Å². The number of carbonyl (C=O) groups excluding carboxylic acids is 1. The molecule has 1 aliphatic heterocycles. The highest BCUT2D eigenvalue weighted by atomic mass is 19.1. The van der Waals surface area contributed by atoms with Crippen LogP contribution in [0.1, 0.15) is 24.5 Å². The third kappa shape index (κ3) is 4.33. The van der Waals surface area contributed by atoms with Gasteiger partial charge in [0.1, 0.15) is 11.6 Å². The molecule has 4 nitrogen and oxygen atoms in total. The molecule has 2 aromatic rings. The minimum atomic E-state index is -0.853. The van der Waals surface area contributed by atoms with Gasteiger partial charge < -0.3 is 15.3 Å². The van der Waals surface area contributed by atoms with Crippen LogP contribution < -0.4 is 10.2 Å². The molecule has 6 heteroatoms. The number of rotatable bonds is 5. The summed E-state index contributed by atoms with van der Waals surface area (Å²) in [6.45, 7) is 1.03. The molecule has 2 atom stereocenters. The van der Waals surface area contributed by atoms with Gasteiger partial charge in [-0.05, 0) is 24.1 Å². The molecule has 1 fully saturated rings. The van der Waals surface area contributed by atoms with E-state index in [0.29, 0.717) is 30.8 Å². The predicted molar refractivity (Wildman–Crippen MR) is 91.1 cm³/mol. The predicted octanol–water partition coefficient (Wildman–Crippen LogP) is 2.78. The van der Waals surface area contributed by atoms with Gasteiger partial charge in [0.25, 0.3) is 0 Å². The maximum absolute atomic E-state index is 13.8. The van der Waals surface area contributed by atoms with Crippen LogP contribution in [0.25, 0.3) is 0 Å². The lowest BCUT2D eigenvalue weighted by atomic mass is 10.1. The number of carbonyl (C=O) groups is 1. The third-order valence-corrected chi connectivity index (χ3v) is 4.37. The van der Waals surface area contributed by atoms with Gasteiger partial charge in [-0.3, -0.25) is 4.79 Å². The minimum absolute atomic E-state index is 0.0224. The molecule has 132 valence electrons. The molecule has 0 aromatic heterocycles. The summed E-state index contributed by atoms with van der Waals surface area (Å²) in [6, 6.07) is 12.4. The number of benzene rings is 2. The fourth-order valence-corrected chi connectivity index (χ4v) is 3.09. The molecule has 3 rings (SSSR count). The molecule has 0 saturated carbocycles. The van der Waals surface area contributed by atoms with Crippen molar-refractivity contribution in [3.63, 3.8) is 0 Å². The standard InChI is InChI=1S/C19H20F2N2O2/c20-14-6-7-17(16(21)10-14)23-9-8-15(12-23)22-19(25)11-18(24)13-4-2-1-3-5-13/h1-7,10,15,18,24H,8-9,11-12H2,(H,22,25)/t15-,18+/m1/s1. The zero-order chi connectivity index (χ0) is 17.8. The van der Waals surface area contributed by atoms with E-state index in [9.17, 15) is 18.7 Å². The Hall–Kier alpha value is -2.47. The zero-order valence-corrected chi connectivity index (χ0v) is 13.7. The van der Waals surface area contributed by atoms with Crippen LogP contribution >= 0.6 is 0 Å². The van der Waals surface area contributed by atoms with Gasteiger partial charge in [0, 0.05) is 25.2 Å². The number of aliphatic hydroxyl groups excluding tert-OH is 1. The van der Waals surface area contributed by atoms with E-state index in [-0.39, 0.29) is 18.4 Å². The van der Waals surface area contributed by atoms with Gasteiger partial charge in [-0.2, -0.15) is 0 Å². The molecule has 25 heavy (non-hydrogen) atoms. The number of hydrogen-bond donors (Lipinski definition) is 2.